The van der Waals surface area contributed by atoms with Gasteiger partial charge in [-0.05, 0) is 89.9 Å². The van der Waals surface area contributed by atoms with E-state index in [0.717, 1.165) is 96.3 Å². The number of phosphoric ester groups is 1. The molecule has 0 aromatic heterocycles. The van der Waals surface area contributed by atoms with Crippen LogP contribution in [-0.2, 0) is 18.4 Å². The number of rotatable bonds is 53. The van der Waals surface area contributed by atoms with E-state index in [4.69, 9.17) is 9.05 Å². The molecule has 0 aliphatic heterocycles. The Bertz CT molecular complexity index is 1620. The molecule has 424 valence electrons. The van der Waals surface area contributed by atoms with E-state index in [9.17, 15) is 19.4 Å². The Morgan fingerprint density at radius 3 is 1.16 bits per heavy atom. The fourth-order valence-electron chi connectivity index (χ4n) is 8.07. The maximum Gasteiger partial charge on any atom is 0.472 e. The van der Waals surface area contributed by atoms with E-state index < -0.39 is 20.0 Å². The lowest BCUT2D eigenvalue weighted by atomic mass is 10.0. The number of quaternary nitrogens is 1. The predicted octanol–water partition coefficient (Wildman–Crippen LogP) is 18.5. The number of nitrogens with one attached hydrogen (secondary N) is 1. The number of phosphoric acid groups is 1. The third-order valence-electron chi connectivity index (χ3n) is 12.7. The smallest absolute Gasteiger partial charge is 0.391 e. The lowest BCUT2D eigenvalue weighted by molar-refractivity contribution is -0.870. The maximum absolute atomic E-state index is 13.0. The Morgan fingerprint density at radius 2 is 0.811 bits per heavy atom. The van der Waals surface area contributed by atoms with Crippen molar-refractivity contribution < 1.29 is 32.9 Å². The SMILES string of the molecule is CC/C=C\C/C=C\C/C=C\C/C=C\C/C=C\C/C=C\C/C=C\C/C=C\C/C=C\C/C=C\CCCCC(=O)NC(COP(=O)(O)OCC[N+](C)(C)C)C(O)CCCCCCCCCCCCCCCCCCCCC. The summed E-state index contributed by atoms with van der Waals surface area (Å²) >= 11 is 0. The first-order valence-corrected chi connectivity index (χ1v) is 31.4. The van der Waals surface area contributed by atoms with Crippen LogP contribution in [0.15, 0.2) is 122 Å². The normalized spacial score (nSPS) is 14.7. The minimum Gasteiger partial charge on any atom is -0.391 e. The first-order chi connectivity index (χ1) is 36.0. The van der Waals surface area contributed by atoms with Gasteiger partial charge in [0.1, 0.15) is 13.2 Å². The van der Waals surface area contributed by atoms with Crippen LogP contribution in [0.5, 0.6) is 0 Å². The summed E-state index contributed by atoms with van der Waals surface area (Å²) in [6.45, 7) is 4.74. The standard InChI is InChI=1S/C65H113N2O6P/c1-6-8-10-12-14-16-18-20-22-24-26-27-28-29-30-31-32-33-34-35-36-37-38-39-41-43-45-47-49-51-53-55-57-59-65(69)66-63(62-73-74(70,71)72-61-60-67(3,4)5)64(68)58-56-54-52-50-48-46-44-42-40-25-23-21-19-17-15-13-11-9-7-2/h8,10,14,16,20,22,26-27,29-30,32-33,35-36,38-39,43,45,49,51,63-64,68H,6-7,9,11-13,15,17-19,21,23-25,28,31,34,37,40-42,44,46-48,50,52-62H2,1-5H3,(H-,66,69,70,71)/p+1/b10-8-,16-14-,22-20-,27-26-,30-29-,33-32-,36-35-,39-38-,45-43-,51-49-. The summed E-state index contributed by atoms with van der Waals surface area (Å²) in [6, 6.07) is -0.794. The van der Waals surface area contributed by atoms with Gasteiger partial charge in [0.05, 0.1) is 39.9 Å². The first-order valence-electron chi connectivity index (χ1n) is 29.9. The molecular weight excluding hydrogens is 936 g/mol. The van der Waals surface area contributed by atoms with Crippen LogP contribution >= 0.6 is 7.82 Å². The van der Waals surface area contributed by atoms with Crippen LogP contribution in [0.3, 0.4) is 0 Å². The van der Waals surface area contributed by atoms with Gasteiger partial charge in [0, 0.05) is 6.42 Å². The summed E-state index contributed by atoms with van der Waals surface area (Å²) < 4.78 is 23.8. The summed E-state index contributed by atoms with van der Waals surface area (Å²) in [4.78, 5) is 23.3. The number of allylic oxidation sites excluding steroid dienone is 20. The number of aliphatic hydroxyl groups is 1. The lowest BCUT2D eigenvalue weighted by Crippen LogP contribution is -2.46. The topological polar surface area (TPSA) is 105 Å². The highest BCUT2D eigenvalue weighted by Crippen LogP contribution is 2.43. The number of hydrogen-bond donors (Lipinski definition) is 3. The second-order valence-corrected chi connectivity index (χ2v) is 22.4. The predicted molar refractivity (Wildman–Crippen MR) is 322 cm³/mol. The summed E-state index contributed by atoms with van der Waals surface area (Å²) in [5, 5.41) is 14.0. The molecule has 74 heavy (non-hydrogen) atoms. The molecule has 0 spiro atoms. The summed E-state index contributed by atoms with van der Waals surface area (Å²) in [5.41, 5.74) is 0. The summed E-state index contributed by atoms with van der Waals surface area (Å²) in [7, 11) is 1.57. The van der Waals surface area contributed by atoms with E-state index in [1.54, 1.807) is 0 Å². The van der Waals surface area contributed by atoms with Crippen LogP contribution in [0.4, 0.5) is 0 Å². The zero-order valence-electron chi connectivity index (χ0n) is 48.3. The Labute approximate surface area is 456 Å². The van der Waals surface area contributed by atoms with E-state index in [2.05, 4.69) is 141 Å². The molecule has 0 fully saturated rings. The van der Waals surface area contributed by atoms with Crippen LogP contribution in [0.2, 0.25) is 0 Å². The number of likely N-dealkylation sites (N-methyl/N-ethyl adjacent to an activating group) is 1. The third kappa shape index (κ3) is 56.6. The molecule has 0 radical (unpaired) electrons. The number of nitrogens with zero attached hydrogens (tertiary/aromatic N) is 1. The van der Waals surface area contributed by atoms with Crippen molar-refractivity contribution in [3.63, 3.8) is 0 Å². The van der Waals surface area contributed by atoms with Crippen LogP contribution < -0.4 is 5.32 Å². The highest BCUT2D eigenvalue weighted by atomic mass is 31.2. The van der Waals surface area contributed by atoms with Gasteiger partial charge in [-0.15, -0.1) is 0 Å². The first kappa shape index (κ1) is 70.9. The maximum atomic E-state index is 13.0. The summed E-state index contributed by atoms with van der Waals surface area (Å²) in [5.74, 6) is -0.190. The minimum absolute atomic E-state index is 0.0596. The van der Waals surface area contributed by atoms with Crippen LogP contribution in [0, 0.1) is 0 Å². The van der Waals surface area contributed by atoms with E-state index in [0.29, 0.717) is 30.3 Å². The largest absolute Gasteiger partial charge is 0.472 e. The quantitative estimate of drug-likeness (QED) is 0.0243. The monoisotopic (exact) mass is 1050 g/mol. The number of hydrogen-bond acceptors (Lipinski definition) is 5. The second-order valence-electron chi connectivity index (χ2n) is 21.0. The molecule has 0 aromatic carbocycles. The van der Waals surface area contributed by atoms with Gasteiger partial charge in [0.2, 0.25) is 5.91 Å². The van der Waals surface area contributed by atoms with Gasteiger partial charge < -0.3 is 19.8 Å². The molecule has 0 heterocycles. The van der Waals surface area contributed by atoms with Crippen molar-refractivity contribution in [3.05, 3.63) is 122 Å². The molecule has 1 amide bonds. The molecule has 0 saturated carbocycles. The number of amides is 1. The van der Waals surface area contributed by atoms with Gasteiger partial charge >= 0.3 is 7.82 Å². The van der Waals surface area contributed by atoms with Crippen molar-refractivity contribution in [3.8, 4) is 0 Å². The van der Waals surface area contributed by atoms with Crippen molar-refractivity contribution in [1.29, 1.82) is 0 Å². The van der Waals surface area contributed by atoms with E-state index in [1.807, 2.05) is 21.1 Å². The zero-order chi connectivity index (χ0) is 54.2. The highest BCUT2D eigenvalue weighted by Gasteiger charge is 2.28. The molecular formula is C65H114N2O6P+. The van der Waals surface area contributed by atoms with Crippen molar-refractivity contribution in [2.24, 2.45) is 0 Å². The number of unbranched alkanes of at least 4 members (excludes halogenated alkanes) is 20. The molecule has 0 saturated heterocycles. The van der Waals surface area contributed by atoms with Crippen LogP contribution in [-0.4, -0.2) is 73.4 Å². The Morgan fingerprint density at radius 1 is 0.473 bits per heavy atom. The van der Waals surface area contributed by atoms with E-state index >= 15 is 0 Å². The van der Waals surface area contributed by atoms with Crippen LogP contribution in [0.1, 0.15) is 232 Å². The van der Waals surface area contributed by atoms with E-state index in [1.165, 1.54) is 103 Å². The molecule has 0 rings (SSSR count). The number of carbonyl (C=O) groups is 1. The number of carbonyl (C=O) groups excluding carboxylic acids is 1. The highest BCUT2D eigenvalue weighted by molar-refractivity contribution is 7.47. The van der Waals surface area contributed by atoms with Gasteiger partial charge in [-0.3, -0.25) is 13.8 Å². The molecule has 8 nitrogen and oxygen atoms in total. The van der Waals surface area contributed by atoms with Crippen LogP contribution in [0.25, 0.3) is 0 Å². The third-order valence-corrected chi connectivity index (χ3v) is 13.7. The molecule has 3 unspecified atom stereocenters. The minimum atomic E-state index is -4.35. The van der Waals surface area contributed by atoms with Gasteiger partial charge in [0.25, 0.3) is 0 Å². The van der Waals surface area contributed by atoms with Crippen molar-refractivity contribution in [2.45, 2.75) is 244 Å². The second kappa shape index (κ2) is 54.7. The molecule has 0 aliphatic carbocycles. The molecule has 3 atom stereocenters. The average molecular weight is 1050 g/mol. The van der Waals surface area contributed by atoms with Gasteiger partial charge in [-0.2, -0.15) is 0 Å². The fourth-order valence-corrected chi connectivity index (χ4v) is 8.81. The summed E-state index contributed by atoms with van der Waals surface area (Å²) in [6.07, 6.45) is 81.2. The fraction of sp³-hybridized carbons (Fsp3) is 0.677. The Kier molecular flexibility index (Phi) is 52.4. The average Bonchev–Trinajstić information content (AvgIpc) is 3.36. The van der Waals surface area contributed by atoms with Crippen molar-refractivity contribution in [1.82, 2.24) is 5.32 Å². The molecule has 0 bridgehead atoms. The molecule has 9 heteroatoms. The molecule has 0 aliphatic rings. The zero-order valence-corrected chi connectivity index (χ0v) is 49.2. The molecule has 3 N–H and O–H groups in total. The number of aliphatic hydroxyl groups excluding tert-OH is 1. The van der Waals surface area contributed by atoms with Crippen molar-refractivity contribution >= 4 is 13.7 Å². The Hall–Kier alpha value is -3.10. The van der Waals surface area contributed by atoms with E-state index in [-0.39, 0.29) is 19.1 Å². The van der Waals surface area contributed by atoms with Gasteiger partial charge in [0.15, 0.2) is 0 Å². The molecule has 0 aromatic rings. The Balaban J connectivity index is 4.29. The van der Waals surface area contributed by atoms with Gasteiger partial charge in [-0.1, -0.05) is 257 Å². The lowest BCUT2D eigenvalue weighted by Gasteiger charge is -2.26. The van der Waals surface area contributed by atoms with Gasteiger partial charge in [-0.25, -0.2) is 4.57 Å². The van der Waals surface area contributed by atoms with Crippen molar-refractivity contribution in [2.75, 3.05) is 40.9 Å².